The molecule has 5 rings (SSSR count). The Labute approximate surface area is 186 Å². The molecule has 1 fully saturated rings. The molecule has 31 heavy (non-hydrogen) atoms. The monoisotopic (exact) mass is 451 g/mol. The highest BCUT2D eigenvalue weighted by Crippen LogP contribution is 2.40. The lowest BCUT2D eigenvalue weighted by Gasteiger charge is -2.10. The number of aryl methyl sites for hydroxylation is 1. The molecular weight excluding hydrogens is 430 g/mol. The number of aromatic nitrogens is 5. The molecule has 1 aliphatic carbocycles. The van der Waals surface area contributed by atoms with Crippen molar-refractivity contribution in [2.24, 2.45) is 0 Å². The van der Waals surface area contributed by atoms with E-state index in [2.05, 4.69) is 36.9 Å². The zero-order valence-electron chi connectivity index (χ0n) is 17.2. The number of ketones is 1. The summed E-state index contributed by atoms with van der Waals surface area (Å²) in [6, 6.07) is 10.3. The molecule has 4 aromatic rings. The molecule has 0 radical (unpaired) electrons. The van der Waals surface area contributed by atoms with Gasteiger partial charge in [-0.05, 0) is 37.8 Å². The molecule has 0 atom stereocenters. The number of hydrogen-bond donors (Lipinski definition) is 1. The zero-order chi connectivity index (χ0) is 21.5. The highest BCUT2D eigenvalue weighted by Gasteiger charge is 2.30. The smallest absolute Gasteiger partial charge is 0.259 e. The van der Waals surface area contributed by atoms with Gasteiger partial charge >= 0.3 is 0 Å². The number of carbonyl (C=O) groups excluding carboxylic acids is 1. The van der Waals surface area contributed by atoms with Gasteiger partial charge in [0.15, 0.2) is 10.9 Å². The summed E-state index contributed by atoms with van der Waals surface area (Å²) >= 11 is 2.79. The van der Waals surface area contributed by atoms with Crippen LogP contribution in [0.4, 0.5) is 0 Å². The third-order valence-electron chi connectivity index (χ3n) is 5.38. The van der Waals surface area contributed by atoms with Crippen molar-refractivity contribution in [1.29, 1.82) is 0 Å². The van der Waals surface area contributed by atoms with Crippen LogP contribution in [0.25, 0.3) is 10.2 Å². The first-order valence-corrected chi connectivity index (χ1v) is 11.9. The van der Waals surface area contributed by atoms with Crippen LogP contribution in [-0.4, -0.2) is 30.5 Å². The Hall–Kier alpha value is -2.78. The van der Waals surface area contributed by atoms with Crippen LogP contribution in [-0.2, 0) is 12.3 Å². The Bertz CT molecular complexity index is 1340. The lowest BCUT2D eigenvalue weighted by molar-refractivity contribution is 0.102. The Morgan fingerprint density at radius 3 is 2.74 bits per heavy atom. The number of rotatable bonds is 7. The van der Waals surface area contributed by atoms with Crippen molar-refractivity contribution >= 4 is 39.1 Å². The van der Waals surface area contributed by atoms with Gasteiger partial charge in [-0.3, -0.25) is 9.59 Å². The van der Waals surface area contributed by atoms with E-state index in [4.69, 9.17) is 0 Å². The normalized spacial score (nSPS) is 13.7. The van der Waals surface area contributed by atoms with Gasteiger partial charge < -0.3 is 9.55 Å². The molecule has 3 aromatic heterocycles. The van der Waals surface area contributed by atoms with Crippen molar-refractivity contribution in [2.45, 2.75) is 50.1 Å². The lowest BCUT2D eigenvalue weighted by Crippen LogP contribution is -2.11. The van der Waals surface area contributed by atoms with Gasteiger partial charge in [-0.25, -0.2) is 4.98 Å². The Kier molecular flexibility index (Phi) is 5.23. The van der Waals surface area contributed by atoms with E-state index in [0.717, 1.165) is 30.4 Å². The summed E-state index contributed by atoms with van der Waals surface area (Å²) in [6.45, 7) is 4.03. The predicted molar refractivity (Wildman–Crippen MR) is 122 cm³/mol. The molecule has 1 aromatic carbocycles. The fourth-order valence-electron chi connectivity index (χ4n) is 3.69. The average molecular weight is 452 g/mol. The molecule has 3 heterocycles. The number of benzene rings is 1. The maximum Gasteiger partial charge on any atom is 0.259 e. The third-order valence-corrected chi connectivity index (χ3v) is 7.64. The predicted octanol–water partition coefficient (Wildman–Crippen LogP) is 4.31. The number of H-pyrrole nitrogens is 1. The molecule has 0 unspecified atom stereocenters. The lowest BCUT2D eigenvalue weighted by atomic mass is 10.2. The van der Waals surface area contributed by atoms with E-state index in [-0.39, 0.29) is 11.3 Å². The van der Waals surface area contributed by atoms with Crippen molar-refractivity contribution in [3.63, 3.8) is 0 Å². The van der Waals surface area contributed by atoms with Crippen molar-refractivity contribution in [3.05, 3.63) is 68.3 Å². The minimum Gasteiger partial charge on any atom is -0.309 e. The summed E-state index contributed by atoms with van der Waals surface area (Å²) in [5.41, 5.74) is 1.70. The highest BCUT2D eigenvalue weighted by molar-refractivity contribution is 7.98. The van der Waals surface area contributed by atoms with E-state index >= 15 is 0 Å². The van der Waals surface area contributed by atoms with E-state index in [1.165, 1.54) is 35.6 Å². The average Bonchev–Trinajstić information content (AvgIpc) is 3.43. The van der Waals surface area contributed by atoms with Crippen molar-refractivity contribution in [1.82, 2.24) is 24.7 Å². The molecule has 0 saturated heterocycles. The maximum atomic E-state index is 12.6. The minimum atomic E-state index is -0.203. The van der Waals surface area contributed by atoms with Gasteiger partial charge in [0.25, 0.3) is 5.56 Å². The summed E-state index contributed by atoms with van der Waals surface area (Å²) in [5, 5.41) is 10.2. The van der Waals surface area contributed by atoms with E-state index in [1.807, 2.05) is 18.2 Å². The van der Waals surface area contributed by atoms with Crippen LogP contribution in [0.1, 0.15) is 58.1 Å². The van der Waals surface area contributed by atoms with Gasteiger partial charge in [-0.15, -0.1) is 21.5 Å². The molecule has 1 N–H and O–H groups in total. The molecule has 1 aliphatic rings. The second-order valence-corrected chi connectivity index (χ2v) is 9.72. The summed E-state index contributed by atoms with van der Waals surface area (Å²) in [6.07, 6.45) is 2.30. The molecule has 0 aliphatic heterocycles. The van der Waals surface area contributed by atoms with Crippen LogP contribution in [0.15, 0.2) is 40.3 Å². The number of thioether (sulfide) groups is 1. The first-order valence-electron chi connectivity index (χ1n) is 10.1. The highest BCUT2D eigenvalue weighted by atomic mass is 32.2. The first-order chi connectivity index (χ1) is 15.0. The fourth-order valence-corrected chi connectivity index (χ4v) is 5.60. The number of aromatic amines is 1. The van der Waals surface area contributed by atoms with Gasteiger partial charge in [-0.1, -0.05) is 42.1 Å². The number of nitrogens with zero attached hydrogens (tertiary/aromatic N) is 4. The summed E-state index contributed by atoms with van der Waals surface area (Å²) < 4.78 is 2.18. The van der Waals surface area contributed by atoms with Crippen molar-refractivity contribution in [2.75, 3.05) is 0 Å². The van der Waals surface area contributed by atoms with Gasteiger partial charge in [0.2, 0.25) is 0 Å². The SMILES string of the molecule is CC(=O)c1sc2nc(CSc3nnc(C4CC4)n3Cc3ccccc3)[nH]c(=O)c2c1C. The van der Waals surface area contributed by atoms with Gasteiger partial charge in [0, 0.05) is 5.92 Å². The number of fused-ring (bicyclic) bond motifs is 1. The maximum absolute atomic E-state index is 12.6. The van der Waals surface area contributed by atoms with E-state index in [9.17, 15) is 9.59 Å². The molecule has 1 saturated carbocycles. The van der Waals surface area contributed by atoms with Crippen LogP contribution in [0.3, 0.4) is 0 Å². The largest absolute Gasteiger partial charge is 0.309 e. The standard InChI is InChI=1S/C22H21N5O2S2/c1-12-17-20(29)23-16(24-21(17)31-18(12)13(2)28)11-30-22-26-25-19(15-8-9-15)27(22)10-14-6-4-3-5-7-14/h3-7,15H,8-11H2,1-2H3,(H,23,24,29). The van der Waals surface area contributed by atoms with Crippen LogP contribution in [0, 0.1) is 6.92 Å². The van der Waals surface area contributed by atoms with Crippen LogP contribution in [0.2, 0.25) is 0 Å². The minimum absolute atomic E-state index is 0.0440. The van der Waals surface area contributed by atoms with E-state index in [0.29, 0.717) is 38.2 Å². The number of Topliss-reactive ketones (excluding diaryl/α,β-unsaturated/α-hetero) is 1. The fraction of sp³-hybridized carbons (Fsp3) is 0.318. The molecule has 9 heteroatoms. The van der Waals surface area contributed by atoms with Crippen molar-refractivity contribution < 1.29 is 4.79 Å². The Morgan fingerprint density at radius 2 is 2.03 bits per heavy atom. The second kappa shape index (κ2) is 8.05. The topological polar surface area (TPSA) is 93.5 Å². The number of nitrogens with one attached hydrogen (secondary N) is 1. The number of thiophene rings is 1. The van der Waals surface area contributed by atoms with E-state index < -0.39 is 0 Å². The summed E-state index contributed by atoms with van der Waals surface area (Å²) in [7, 11) is 0. The second-order valence-electron chi connectivity index (χ2n) is 7.78. The summed E-state index contributed by atoms with van der Waals surface area (Å²) in [5.74, 6) is 2.51. The number of carbonyl (C=O) groups is 1. The molecule has 158 valence electrons. The molecule has 0 bridgehead atoms. The third kappa shape index (κ3) is 3.95. The van der Waals surface area contributed by atoms with Crippen LogP contribution < -0.4 is 5.56 Å². The molecule has 7 nitrogen and oxygen atoms in total. The Morgan fingerprint density at radius 1 is 1.26 bits per heavy atom. The molecule has 0 amide bonds. The quantitative estimate of drug-likeness (QED) is 0.332. The van der Waals surface area contributed by atoms with E-state index in [1.54, 1.807) is 6.92 Å². The van der Waals surface area contributed by atoms with Crippen molar-refractivity contribution in [3.8, 4) is 0 Å². The summed E-state index contributed by atoms with van der Waals surface area (Å²) in [4.78, 5) is 33.2. The Balaban J connectivity index is 1.43. The van der Waals surface area contributed by atoms with Gasteiger partial charge in [0.1, 0.15) is 16.5 Å². The molecule has 0 spiro atoms. The zero-order valence-corrected chi connectivity index (χ0v) is 18.8. The van der Waals surface area contributed by atoms with Gasteiger partial charge in [-0.2, -0.15) is 0 Å². The van der Waals surface area contributed by atoms with Gasteiger partial charge in [0.05, 0.1) is 22.6 Å². The van der Waals surface area contributed by atoms with Crippen LogP contribution >= 0.6 is 23.1 Å². The first kappa shape index (κ1) is 20.1. The number of hydrogen-bond acceptors (Lipinski definition) is 7. The van der Waals surface area contributed by atoms with Crippen LogP contribution in [0.5, 0.6) is 0 Å². The molecular formula is C22H21N5O2S2.